The molecule has 0 saturated heterocycles. The van der Waals surface area contributed by atoms with Crippen molar-refractivity contribution in [2.24, 2.45) is 0 Å². The summed E-state index contributed by atoms with van der Waals surface area (Å²) in [6.07, 6.45) is 7.18. The number of ketones is 1. The Balaban J connectivity index is 5.02. The molecule has 0 spiro atoms. The van der Waals surface area contributed by atoms with E-state index in [9.17, 15) is 9.59 Å². The van der Waals surface area contributed by atoms with Crippen LogP contribution in [0.5, 0.6) is 0 Å². The van der Waals surface area contributed by atoms with E-state index in [-0.39, 0.29) is 18.4 Å². The molecule has 0 fully saturated rings. The second kappa shape index (κ2) is 9.23. The minimum Gasteiger partial charge on any atom is -0.444 e. The van der Waals surface area contributed by atoms with E-state index in [2.05, 4.69) is 6.58 Å². The fraction of sp³-hybridized carbons (Fsp3) is 0.556. The lowest BCUT2D eigenvalue weighted by Crippen LogP contribution is -2.43. The van der Waals surface area contributed by atoms with E-state index in [1.165, 1.54) is 4.90 Å². The van der Waals surface area contributed by atoms with Crippen molar-refractivity contribution in [2.45, 2.75) is 59.6 Å². The Kier molecular flexibility index (Phi) is 8.46. The minimum atomic E-state index is -0.581. The number of carbonyl (C=O) groups is 2. The zero-order valence-corrected chi connectivity index (χ0v) is 14.7. The first kappa shape index (κ1) is 20.2. The number of hydrogen-bond donors (Lipinski definition) is 0. The summed E-state index contributed by atoms with van der Waals surface area (Å²) in [6.45, 7) is 14.7. The summed E-state index contributed by atoms with van der Waals surface area (Å²) >= 11 is 0. The third kappa shape index (κ3) is 8.45. The van der Waals surface area contributed by atoms with Crippen molar-refractivity contribution in [3.63, 3.8) is 0 Å². The predicted octanol–water partition coefficient (Wildman–Crippen LogP) is 4.28. The van der Waals surface area contributed by atoms with E-state index in [1.54, 1.807) is 32.9 Å². The van der Waals surface area contributed by atoms with Gasteiger partial charge in [0.15, 0.2) is 5.78 Å². The number of carbonyl (C=O) groups excluding carboxylic acids is 2. The van der Waals surface area contributed by atoms with Gasteiger partial charge >= 0.3 is 6.09 Å². The lowest BCUT2D eigenvalue weighted by Gasteiger charge is -2.29. The SMILES string of the molecule is C=CC/C(C=CC)=C\C(=O)CN(C(=O)OC(C)(C)C)C(C)C. The molecule has 4 nitrogen and oxygen atoms in total. The highest BCUT2D eigenvalue weighted by Crippen LogP contribution is 2.12. The molecule has 1 amide bonds. The molecular weight excluding hydrogens is 278 g/mol. The maximum absolute atomic E-state index is 12.2. The molecule has 0 aliphatic rings. The van der Waals surface area contributed by atoms with Crippen LogP contribution in [0.25, 0.3) is 0 Å². The van der Waals surface area contributed by atoms with Crippen LogP contribution in [-0.2, 0) is 9.53 Å². The van der Waals surface area contributed by atoms with Gasteiger partial charge in [0.2, 0.25) is 0 Å². The first-order chi connectivity index (χ1) is 10.1. The molecular formula is C18H29NO3. The van der Waals surface area contributed by atoms with Gasteiger partial charge in [0.25, 0.3) is 0 Å². The Hall–Kier alpha value is -1.84. The molecule has 0 aromatic rings. The summed E-state index contributed by atoms with van der Waals surface area (Å²) < 4.78 is 5.35. The van der Waals surface area contributed by atoms with Crippen LogP contribution in [0, 0.1) is 0 Å². The van der Waals surface area contributed by atoms with E-state index >= 15 is 0 Å². The number of allylic oxidation sites excluding steroid dienone is 4. The van der Waals surface area contributed by atoms with E-state index in [0.717, 1.165) is 5.57 Å². The van der Waals surface area contributed by atoms with Crippen LogP contribution in [0.15, 0.2) is 36.5 Å². The van der Waals surface area contributed by atoms with Gasteiger partial charge < -0.3 is 4.74 Å². The fourth-order valence-corrected chi connectivity index (χ4v) is 1.75. The smallest absolute Gasteiger partial charge is 0.410 e. The van der Waals surface area contributed by atoms with E-state index in [1.807, 2.05) is 32.9 Å². The molecule has 0 aromatic carbocycles. The zero-order valence-electron chi connectivity index (χ0n) is 14.7. The molecule has 0 saturated carbocycles. The molecule has 0 rings (SSSR count). The molecule has 22 heavy (non-hydrogen) atoms. The number of ether oxygens (including phenoxy) is 1. The lowest BCUT2D eigenvalue weighted by molar-refractivity contribution is -0.116. The van der Waals surface area contributed by atoms with Crippen LogP contribution in [0.3, 0.4) is 0 Å². The van der Waals surface area contributed by atoms with Gasteiger partial charge in [-0.3, -0.25) is 9.69 Å². The highest BCUT2D eigenvalue weighted by Gasteiger charge is 2.25. The van der Waals surface area contributed by atoms with Crippen molar-refractivity contribution in [2.75, 3.05) is 6.54 Å². The van der Waals surface area contributed by atoms with Crippen LogP contribution in [0.2, 0.25) is 0 Å². The van der Waals surface area contributed by atoms with Crippen LogP contribution in [-0.4, -0.2) is 35.0 Å². The first-order valence-electron chi connectivity index (χ1n) is 7.57. The Morgan fingerprint density at radius 1 is 1.27 bits per heavy atom. The van der Waals surface area contributed by atoms with Crippen LogP contribution in [0.1, 0.15) is 48.0 Å². The van der Waals surface area contributed by atoms with Crippen molar-refractivity contribution in [3.8, 4) is 0 Å². The lowest BCUT2D eigenvalue weighted by atomic mass is 10.1. The topological polar surface area (TPSA) is 46.6 Å². The Morgan fingerprint density at radius 3 is 2.27 bits per heavy atom. The van der Waals surface area contributed by atoms with Gasteiger partial charge in [-0.2, -0.15) is 0 Å². The molecule has 0 bridgehead atoms. The highest BCUT2D eigenvalue weighted by molar-refractivity contribution is 5.94. The normalized spacial score (nSPS) is 12.6. The second-order valence-corrected chi connectivity index (χ2v) is 6.38. The van der Waals surface area contributed by atoms with Gasteiger partial charge in [-0.05, 0) is 59.6 Å². The third-order valence-corrected chi connectivity index (χ3v) is 2.68. The van der Waals surface area contributed by atoms with Gasteiger partial charge in [0.1, 0.15) is 5.60 Å². The fourth-order valence-electron chi connectivity index (χ4n) is 1.75. The molecule has 4 heteroatoms. The highest BCUT2D eigenvalue weighted by atomic mass is 16.6. The standard InChI is InChI=1S/C18H29NO3/c1-8-10-15(11-9-2)12-16(20)13-19(14(3)4)17(21)22-18(5,6)7/h8-9,11-12,14H,1,10,13H2,2-7H3/b11-9?,15-12+. The molecule has 0 N–H and O–H groups in total. The Morgan fingerprint density at radius 2 is 1.86 bits per heavy atom. The summed E-state index contributed by atoms with van der Waals surface area (Å²) in [4.78, 5) is 25.8. The summed E-state index contributed by atoms with van der Waals surface area (Å²) in [6, 6.07) is -0.114. The van der Waals surface area contributed by atoms with Gasteiger partial charge in [-0.1, -0.05) is 18.2 Å². The molecule has 0 radical (unpaired) electrons. The molecule has 124 valence electrons. The van der Waals surface area contributed by atoms with E-state index in [0.29, 0.717) is 6.42 Å². The summed E-state index contributed by atoms with van der Waals surface area (Å²) in [7, 11) is 0. The van der Waals surface area contributed by atoms with Crippen molar-refractivity contribution in [1.82, 2.24) is 4.90 Å². The van der Waals surface area contributed by atoms with Gasteiger partial charge in [-0.15, -0.1) is 6.58 Å². The molecule has 0 heterocycles. The van der Waals surface area contributed by atoms with Crippen molar-refractivity contribution < 1.29 is 14.3 Å². The van der Waals surface area contributed by atoms with Crippen molar-refractivity contribution in [1.29, 1.82) is 0 Å². The van der Waals surface area contributed by atoms with Gasteiger partial charge in [0, 0.05) is 6.04 Å². The predicted molar refractivity (Wildman–Crippen MR) is 90.8 cm³/mol. The minimum absolute atomic E-state index is 0.00474. The molecule has 0 aromatic heterocycles. The Bertz CT molecular complexity index is 453. The van der Waals surface area contributed by atoms with Crippen LogP contribution in [0.4, 0.5) is 4.79 Å². The number of rotatable bonds is 7. The van der Waals surface area contributed by atoms with Crippen LogP contribution >= 0.6 is 0 Å². The number of amides is 1. The first-order valence-corrected chi connectivity index (χ1v) is 7.57. The maximum atomic E-state index is 12.2. The Labute approximate surface area is 134 Å². The maximum Gasteiger partial charge on any atom is 0.410 e. The molecule has 0 aliphatic heterocycles. The molecule has 0 atom stereocenters. The quantitative estimate of drug-likeness (QED) is 0.400. The van der Waals surface area contributed by atoms with Crippen molar-refractivity contribution >= 4 is 11.9 Å². The molecule has 0 unspecified atom stereocenters. The number of hydrogen-bond acceptors (Lipinski definition) is 3. The summed E-state index contributed by atoms with van der Waals surface area (Å²) in [5, 5.41) is 0. The summed E-state index contributed by atoms with van der Waals surface area (Å²) in [5.74, 6) is -0.130. The van der Waals surface area contributed by atoms with Crippen molar-refractivity contribution in [3.05, 3.63) is 36.5 Å². The third-order valence-electron chi connectivity index (χ3n) is 2.68. The molecule has 0 aliphatic carbocycles. The van der Waals surface area contributed by atoms with Gasteiger partial charge in [-0.25, -0.2) is 4.79 Å². The monoisotopic (exact) mass is 307 g/mol. The average molecular weight is 307 g/mol. The van der Waals surface area contributed by atoms with E-state index < -0.39 is 11.7 Å². The summed E-state index contributed by atoms with van der Waals surface area (Å²) in [5.41, 5.74) is 0.289. The zero-order chi connectivity index (χ0) is 17.3. The van der Waals surface area contributed by atoms with Crippen LogP contribution < -0.4 is 0 Å². The number of nitrogens with zero attached hydrogens (tertiary/aromatic N) is 1. The largest absolute Gasteiger partial charge is 0.444 e. The van der Waals surface area contributed by atoms with E-state index in [4.69, 9.17) is 4.74 Å². The second-order valence-electron chi connectivity index (χ2n) is 6.38. The average Bonchev–Trinajstić information content (AvgIpc) is 2.33. The van der Waals surface area contributed by atoms with Gasteiger partial charge in [0.05, 0.1) is 6.54 Å².